The molecular formula is C15H22N2O. The van der Waals surface area contributed by atoms with Crippen LogP contribution < -0.4 is 5.32 Å². The zero-order valence-corrected chi connectivity index (χ0v) is 11.4. The number of benzene rings is 1. The van der Waals surface area contributed by atoms with Gasteiger partial charge in [-0.25, -0.2) is 0 Å². The van der Waals surface area contributed by atoms with E-state index in [1.165, 1.54) is 0 Å². The number of carbonyl (C=O) groups is 1. The van der Waals surface area contributed by atoms with Gasteiger partial charge in [0.2, 0.25) is 0 Å². The Labute approximate surface area is 109 Å². The third-order valence-electron chi connectivity index (χ3n) is 3.71. The third-order valence-corrected chi connectivity index (χ3v) is 3.71. The SMILES string of the molecule is Cc1cccc(C(=O)N[C@H]2CCN(C)C[C@H]2C)c1. The van der Waals surface area contributed by atoms with Crippen molar-refractivity contribution in [1.29, 1.82) is 0 Å². The lowest BCUT2D eigenvalue weighted by molar-refractivity contribution is 0.0884. The van der Waals surface area contributed by atoms with Crippen molar-refractivity contribution in [1.82, 2.24) is 10.2 Å². The van der Waals surface area contributed by atoms with Crippen molar-refractivity contribution in [2.45, 2.75) is 26.3 Å². The number of hydrogen-bond acceptors (Lipinski definition) is 2. The summed E-state index contributed by atoms with van der Waals surface area (Å²) in [5.41, 5.74) is 1.89. The zero-order chi connectivity index (χ0) is 13.1. The molecule has 1 saturated heterocycles. The molecule has 3 heteroatoms. The Balaban J connectivity index is 1.99. The van der Waals surface area contributed by atoms with E-state index in [2.05, 4.69) is 24.2 Å². The van der Waals surface area contributed by atoms with Crippen LogP contribution in [0.4, 0.5) is 0 Å². The lowest BCUT2D eigenvalue weighted by atomic mass is 9.94. The first-order chi connectivity index (χ1) is 8.56. The van der Waals surface area contributed by atoms with Crippen LogP contribution in [-0.4, -0.2) is 37.0 Å². The van der Waals surface area contributed by atoms with Gasteiger partial charge in [0.25, 0.3) is 5.91 Å². The third kappa shape index (κ3) is 3.10. The predicted octanol–water partition coefficient (Wildman–Crippen LogP) is 2.07. The highest BCUT2D eigenvalue weighted by Crippen LogP contribution is 2.16. The number of aryl methyl sites for hydroxylation is 1. The second kappa shape index (κ2) is 5.53. The Kier molecular flexibility index (Phi) is 4.02. The molecule has 0 aliphatic carbocycles. The number of amides is 1. The van der Waals surface area contributed by atoms with Crippen molar-refractivity contribution in [3.05, 3.63) is 35.4 Å². The molecule has 3 nitrogen and oxygen atoms in total. The van der Waals surface area contributed by atoms with E-state index in [1.807, 2.05) is 31.2 Å². The van der Waals surface area contributed by atoms with E-state index < -0.39 is 0 Å². The summed E-state index contributed by atoms with van der Waals surface area (Å²) in [6.07, 6.45) is 1.04. The zero-order valence-electron chi connectivity index (χ0n) is 11.4. The highest BCUT2D eigenvalue weighted by Gasteiger charge is 2.25. The van der Waals surface area contributed by atoms with Crippen LogP contribution in [0.5, 0.6) is 0 Å². The molecule has 0 spiro atoms. The van der Waals surface area contributed by atoms with Gasteiger partial charge in [-0.2, -0.15) is 0 Å². The first-order valence-electron chi connectivity index (χ1n) is 6.62. The number of likely N-dealkylation sites (tertiary alicyclic amines) is 1. The fraction of sp³-hybridized carbons (Fsp3) is 0.533. The summed E-state index contributed by atoms with van der Waals surface area (Å²) in [5.74, 6) is 0.567. The van der Waals surface area contributed by atoms with Crippen LogP contribution in [0.2, 0.25) is 0 Å². The average Bonchev–Trinajstić information content (AvgIpc) is 2.32. The number of nitrogens with zero attached hydrogens (tertiary/aromatic N) is 1. The molecule has 1 aliphatic rings. The Morgan fingerprint density at radius 1 is 1.44 bits per heavy atom. The van der Waals surface area contributed by atoms with Gasteiger partial charge in [-0.3, -0.25) is 4.79 Å². The fourth-order valence-electron chi connectivity index (χ4n) is 2.61. The van der Waals surface area contributed by atoms with Crippen LogP contribution in [0.25, 0.3) is 0 Å². The molecule has 2 atom stereocenters. The first kappa shape index (κ1) is 13.1. The Morgan fingerprint density at radius 2 is 2.22 bits per heavy atom. The maximum atomic E-state index is 12.2. The first-order valence-corrected chi connectivity index (χ1v) is 6.62. The number of nitrogens with one attached hydrogen (secondary N) is 1. The van der Waals surface area contributed by atoms with Gasteiger partial charge >= 0.3 is 0 Å². The smallest absolute Gasteiger partial charge is 0.251 e. The van der Waals surface area contributed by atoms with Crippen molar-refractivity contribution in [2.75, 3.05) is 20.1 Å². The summed E-state index contributed by atoms with van der Waals surface area (Å²) in [5, 5.41) is 3.17. The lowest BCUT2D eigenvalue weighted by Gasteiger charge is -2.35. The molecule has 1 aromatic rings. The van der Waals surface area contributed by atoms with Crippen LogP contribution >= 0.6 is 0 Å². The molecular weight excluding hydrogens is 224 g/mol. The lowest BCUT2D eigenvalue weighted by Crippen LogP contribution is -2.48. The molecule has 1 heterocycles. The quantitative estimate of drug-likeness (QED) is 0.866. The summed E-state index contributed by atoms with van der Waals surface area (Å²) >= 11 is 0. The van der Waals surface area contributed by atoms with Gasteiger partial charge in [0.05, 0.1) is 0 Å². The van der Waals surface area contributed by atoms with Crippen LogP contribution in [0.15, 0.2) is 24.3 Å². The normalized spacial score (nSPS) is 24.8. The molecule has 1 aromatic carbocycles. The highest BCUT2D eigenvalue weighted by molar-refractivity contribution is 5.94. The van der Waals surface area contributed by atoms with Crippen LogP contribution in [0.3, 0.4) is 0 Å². The van der Waals surface area contributed by atoms with E-state index in [9.17, 15) is 4.79 Å². The van der Waals surface area contributed by atoms with E-state index in [0.29, 0.717) is 12.0 Å². The van der Waals surface area contributed by atoms with E-state index >= 15 is 0 Å². The summed E-state index contributed by atoms with van der Waals surface area (Å²) in [4.78, 5) is 14.5. The van der Waals surface area contributed by atoms with Crippen LogP contribution in [0, 0.1) is 12.8 Å². The molecule has 0 aromatic heterocycles. The van der Waals surface area contributed by atoms with Gasteiger partial charge in [0.15, 0.2) is 0 Å². The van der Waals surface area contributed by atoms with Crippen molar-refractivity contribution in [3.63, 3.8) is 0 Å². The van der Waals surface area contributed by atoms with Crippen molar-refractivity contribution < 1.29 is 4.79 Å². The summed E-state index contributed by atoms with van der Waals surface area (Å²) in [7, 11) is 2.13. The second-order valence-corrected chi connectivity index (χ2v) is 5.48. The predicted molar refractivity (Wildman–Crippen MR) is 73.7 cm³/mol. The fourth-order valence-corrected chi connectivity index (χ4v) is 2.61. The van der Waals surface area contributed by atoms with Gasteiger partial charge in [0, 0.05) is 18.2 Å². The topological polar surface area (TPSA) is 32.3 Å². The standard InChI is InChI=1S/C15H22N2O/c1-11-5-4-6-13(9-11)15(18)16-14-7-8-17(3)10-12(14)2/h4-6,9,12,14H,7-8,10H2,1-3H3,(H,16,18)/t12-,14+/m1/s1. The Bertz CT molecular complexity index is 430. The number of piperidine rings is 1. The molecule has 0 radical (unpaired) electrons. The van der Waals surface area contributed by atoms with Gasteiger partial charge in [-0.1, -0.05) is 24.6 Å². The van der Waals surface area contributed by atoms with Gasteiger partial charge in [-0.05, 0) is 45.0 Å². The average molecular weight is 246 g/mol. The number of hydrogen-bond donors (Lipinski definition) is 1. The van der Waals surface area contributed by atoms with Gasteiger partial charge < -0.3 is 10.2 Å². The minimum atomic E-state index is 0.0557. The highest BCUT2D eigenvalue weighted by atomic mass is 16.1. The molecule has 1 aliphatic heterocycles. The second-order valence-electron chi connectivity index (χ2n) is 5.48. The van der Waals surface area contributed by atoms with Crippen molar-refractivity contribution in [3.8, 4) is 0 Å². The van der Waals surface area contributed by atoms with E-state index in [-0.39, 0.29) is 5.91 Å². The van der Waals surface area contributed by atoms with Gasteiger partial charge in [0.1, 0.15) is 0 Å². The molecule has 2 rings (SSSR count). The molecule has 18 heavy (non-hydrogen) atoms. The largest absolute Gasteiger partial charge is 0.349 e. The number of rotatable bonds is 2. The number of carbonyl (C=O) groups excluding carboxylic acids is 1. The van der Waals surface area contributed by atoms with E-state index in [0.717, 1.165) is 30.6 Å². The Hall–Kier alpha value is -1.35. The monoisotopic (exact) mass is 246 g/mol. The maximum absolute atomic E-state index is 12.2. The maximum Gasteiger partial charge on any atom is 0.251 e. The molecule has 0 unspecified atom stereocenters. The van der Waals surface area contributed by atoms with E-state index in [4.69, 9.17) is 0 Å². The van der Waals surface area contributed by atoms with Crippen molar-refractivity contribution in [2.24, 2.45) is 5.92 Å². The summed E-state index contributed by atoms with van der Waals surface area (Å²) in [6.45, 7) is 6.33. The molecule has 0 bridgehead atoms. The molecule has 1 N–H and O–H groups in total. The molecule has 0 saturated carbocycles. The van der Waals surface area contributed by atoms with Gasteiger partial charge in [-0.15, -0.1) is 0 Å². The molecule has 98 valence electrons. The minimum Gasteiger partial charge on any atom is -0.349 e. The van der Waals surface area contributed by atoms with Crippen LogP contribution in [-0.2, 0) is 0 Å². The molecule has 1 fully saturated rings. The summed E-state index contributed by atoms with van der Waals surface area (Å²) in [6, 6.07) is 8.06. The molecule has 1 amide bonds. The minimum absolute atomic E-state index is 0.0557. The van der Waals surface area contributed by atoms with Crippen molar-refractivity contribution >= 4 is 5.91 Å². The van der Waals surface area contributed by atoms with Crippen LogP contribution in [0.1, 0.15) is 29.3 Å². The summed E-state index contributed by atoms with van der Waals surface area (Å²) < 4.78 is 0. The van der Waals surface area contributed by atoms with E-state index in [1.54, 1.807) is 0 Å². The Morgan fingerprint density at radius 3 is 2.89 bits per heavy atom.